The van der Waals surface area contributed by atoms with Gasteiger partial charge in [0.2, 0.25) is 5.91 Å². The van der Waals surface area contributed by atoms with Crippen LogP contribution in [0, 0.1) is 0 Å². The zero-order valence-electron chi connectivity index (χ0n) is 21.1. The fourth-order valence-electron chi connectivity index (χ4n) is 2.60. The number of aromatic nitrogens is 2. The Hall–Kier alpha value is -3.25. The van der Waals surface area contributed by atoms with E-state index in [9.17, 15) is 14.4 Å². The number of amides is 3. The number of carbonyl (C=O) groups is 3. The van der Waals surface area contributed by atoms with Crippen LogP contribution in [0.3, 0.4) is 0 Å². The molecule has 2 heterocycles. The van der Waals surface area contributed by atoms with Crippen molar-refractivity contribution in [1.29, 1.82) is 0 Å². The van der Waals surface area contributed by atoms with Crippen LogP contribution in [0.25, 0.3) is 10.7 Å². The van der Waals surface area contributed by atoms with Gasteiger partial charge >= 0.3 is 12.2 Å². The van der Waals surface area contributed by atoms with Gasteiger partial charge in [0, 0.05) is 5.38 Å². The Bertz CT molecular complexity index is 1030. The number of thiazole rings is 1. The van der Waals surface area contributed by atoms with E-state index in [0.717, 1.165) is 0 Å². The van der Waals surface area contributed by atoms with Gasteiger partial charge in [0.05, 0.1) is 5.69 Å². The third-order valence-corrected chi connectivity index (χ3v) is 4.87. The topological polar surface area (TPSA) is 141 Å². The summed E-state index contributed by atoms with van der Waals surface area (Å²) in [5.41, 5.74) is 2.05. The normalized spacial score (nSPS) is 12.4. The summed E-state index contributed by atoms with van der Waals surface area (Å²) < 4.78 is 10.3. The van der Waals surface area contributed by atoms with Crippen LogP contribution in [0.1, 0.15) is 60.6 Å². The fraction of sp³-hybridized carbons (Fsp3) is 0.522. The highest BCUT2D eigenvalue weighted by molar-refractivity contribution is 7.13. The van der Waals surface area contributed by atoms with Crippen LogP contribution in [-0.2, 0) is 25.7 Å². The van der Waals surface area contributed by atoms with Crippen molar-refractivity contribution in [3.05, 3.63) is 29.3 Å². The minimum absolute atomic E-state index is 0.0423. The summed E-state index contributed by atoms with van der Waals surface area (Å²) in [7, 11) is 0. The smallest absolute Gasteiger partial charge is 0.431 e. The number of nitrogens with zero attached hydrogens (tertiary/aromatic N) is 2. The molecule has 0 aliphatic rings. The van der Waals surface area contributed by atoms with Gasteiger partial charge in [-0.1, -0.05) is 13.0 Å². The van der Waals surface area contributed by atoms with Gasteiger partial charge in [-0.25, -0.2) is 19.6 Å². The van der Waals surface area contributed by atoms with Crippen LogP contribution in [0.2, 0.25) is 0 Å². The molecule has 0 saturated heterocycles. The van der Waals surface area contributed by atoms with Gasteiger partial charge in [-0.3, -0.25) is 9.63 Å². The maximum Gasteiger partial charge on any atom is 0.431 e. The van der Waals surface area contributed by atoms with E-state index >= 15 is 0 Å². The van der Waals surface area contributed by atoms with Crippen molar-refractivity contribution in [3.63, 3.8) is 0 Å². The second kappa shape index (κ2) is 11.9. The summed E-state index contributed by atoms with van der Waals surface area (Å²) in [6.45, 7) is 12.3. The number of anilines is 1. The van der Waals surface area contributed by atoms with E-state index in [1.807, 2.05) is 0 Å². The summed E-state index contributed by atoms with van der Waals surface area (Å²) in [5, 5.41) is 7.66. The maximum atomic E-state index is 12.7. The molecule has 0 unspecified atom stereocenters. The van der Waals surface area contributed by atoms with Crippen molar-refractivity contribution in [1.82, 2.24) is 20.8 Å². The Morgan fingerprint density at radius 3 is 2.29 bits per heavy atom. The molecule has 11 nitrogen and oxygen atoms in total. The standard InChI is InChI=1S/C23H33N5O6S/c1-8-15(26-20(30)33-22(2,3)4)18(29)27-17-11-9-10-16(25-17)19-24-14(13-35-19)12-32-28-21(31)34-23(5,6)7/h9-11,13,15H,8,12H2,1-7H3,(H,26,30)(H,28,31)(H,25,27,29)/t15-/m0/s1. The molecule has 35 heavy (non-hydrogen) atoms. The molecule has 2 aromatic heterocycles. The largest absolute Gasteiger partial charge is 0.444 e. The Kier molecular flexibility index (Phi) is 9.55. The van der Waals surface area contributed by atoms with Crippen LogP contribution >= 0.6 is 11.3 Å². The highest BCUT2D eigenvalue weighted by Gasteiger charge is 2.23. The summed E-state index contributed by atoms with van der Waals surface area (Å²) in [6, 6.07) is 4.36. The van der Waals surface area contributed by atoms with Crippen molar-refractivity contribution in [2.75, 3.05) is 5.32 Å². The van der Waals surface area contributed by atoms with Crippen molar-refractivity contribution in [2.24, 2.45) is 0 Å². The lowest BCUT2D eigenvalue weighted by molar-refractivity contribution is -0.118. The van der Waals surface area contributed by atoms with E-state index in [-0.39, 0.29) is 6.61 Å². The molecule has 0 bridgehead atoms. The SMILES string of the molecule is CC[C@H](NC(=O)OC(C)(C)C)C(=O)Nc1cccc(-c2nc(CONC(=O)OC(C)(C)C)cs2)n1. The highest BCUT2D eigenvalue weighted by atomic mass is 32.1. The van der Waals surface area contributed by atoms with Crippen molar-refractivity contribution < 1.29 is 28.7 Å². The predicted octanol–water partition coefficient (Wildman–Crippen LogP) is 4.40. The molecular formula is C23H33N5O6S. The molecule has 2 rings (SSSR count). The fourth-order valence-corrected chi connectivity index (χ4v) is 3.37. The molecule has 1 atom stereocenters. The molecule has 3 amide bonds. The first kappa shape index (κ1) is 28.0. The molecule has 192 valence electrons. The summed E-state index contributed by atoms with van der Waals surface area (Å²) in [6.07, 6.45) is -0.984. The molecule has 3 N–H and O–H groups in total. The first-order valence-electron chi connectivity index (χ1n) is 11.1. The average molecular weight is 508 g/mol. The summed E-state index contributed by atoms with van der Waals surface area (Å²) in [4.78, 5) is 50.4. The number of hydrogen-bond acceptors (Lipinski definition) is 9. The van der Waals surface area contributed by atoms with Crippen LogP contribution < -0.4 is 16.1 Å². The zero-order valence-corrected chi connectivity index (χ0v) is 21.9. The van der Waals surface area contributed by atoms with Crippen molar-refractivity contribution in [3.8, 4) is 10.7 Å². The molecule has 0 saturated carbocycles. The summed E-state index contributed by atoms with van der Waals surface area (Å²) >= 11 is 1.34. The van der Waals surface area contributed by atoms with Gasteiger partial charge in [0.25, 0.3) is 0 Å². The lowest BCUT2D eigenvalue weighted by atomic mass is 10.2. The third kappa shape index (κ3) is 10.3. The van der Waals surface area contributed by atoms with E-state index in [2.05, 4.69) is 26.1 Å². The lowest BCUT2D eigenvalue weighted by Gasteiger charge is -2.22. The van der Waals surface area contributed by atoms with E-state index in [1.165, 1.54) is 11.3 Å². The summed E-state index contributed by atoms with van der Waals surface area (Å²) in [5.74, 6) is -0.0963. The molecule has 0 aromatic carbocycles. The van der Waals surface area contributed by atoms with E-state index in [0.29, 0.717) is 28.6 Å². The lowest BCUT2D eigenvalue weighted by Crippen LogP contribution is -2.45. The second-order valence-corrected chi connectivity index (χ2v) is 10.4. The number of hydroxylamine groups is 1. The van der Waals surface area contributed by atoms with Gasteiger partial charge in [0.1, 0.15) is 40.4 Å². The predicted molar refractivity (Wildman–Crippen MR) is 132 cm³/mol. The van der Waals surface area contributed by atoms with Crippen LogP contribution in [0.5, 0.6) is 0 Å². The van der Waals surface area contributed by atoms with Gasteiger partial charge in [-0.2, -0.15) is 5.48 Å². The van der Waals surface area contributed by atoms with Crippen LogP contribution in [-0.4, -0.2) is 45.3 Å². The van der Waals surface area contributed by atoms with Gasteiger partial charge in [-0.15, -0.1) is 11.3 Å². The Labute approximate surface area is 208 Å². The molecule has 0 aliphatic carbocycles. The molecular weight excluding hydrogens is 474 g/mol. The number of rotatable bonds is 8. The Morgan fingerprint density at radius 1 is 1.00 bits per heavy atom. The van der Waals surface area contributed by atoms with Crippen LogP contribution in [0.15, 0.2) is 23.6 Å². The highest BCUT2D eigenvalue weighted by Crippen LogP contribution is 2.23. The number of pyridine rings is 1. The monoisotopic (exact) mass is 507 g/mol. The molecule has 0 aliphatic heterocycles. The molecule has 0 fully saturated rings. The average Bonchev–Trinajstić information content (AvgIpc) is 3.18. The maximum absolute atomic E-state index is 12.7. The van der Waals surface area contributed by atoms with E-state index in [4.69, 9.17) is 14.3 Å². The number of hydrogen-bond donors (Lipinski definition) is 3. The number of carbonyl (C=O) groups excluding carboxylic acids is 3. The quantitative estimate of drug-likeness (QED) is 0.447. The van der Waals surface area contributed by atoms with Crippen LogP contribution in [0.4, 0.5) is 15.4 Å². The van der Waals surface area contributed by atoms with E-state index < -0.39 is 35.3 Å². The molecule has 2 aromatic rings. The number of alkyl carbamates (subject to hydrolysis) is 1. The van der Waals surface area contributed by atoms with Gasteiger partial charge < -0.3 is 20.1 Å². The van der Waals surface area contributed by atoms with E-state index in [1.54, 1.807) is 72.0 Å². The third-order valence-electron chi connectivity index (χ3n) is 3.96. The zero-order chi connectivity index (χ0) is 26.2. The van der Waals surface area contributed by atoms with Crippen molar-refractivity contribution >= 4 is 35.2 Å². The minimum Gasteiger partial charge on any atom is -0.444 e. The molecule has 0 spiro atoms. The minimum atomic E-state index is -0.781. The first-order chi connectivity index (χ1) is 16.3. The number of nitrogens with one attached hydrogen (secondary N) is 3. The molecule has 0 radical (unpaired) electrons. The van der Waals surface area contributed by atoms with Gasteiger partial charge in [0.15, 0.2) is 0 Å². The van der Waals surface area contributed by atoms with Gasteiger partial charge in [-0.05, 0) is 60.1 Å². The Morgan fingerprint density at radius 2 is 1.66 bits per heavy atom. The second-order valence-electron chi connectivity index (χ2n) is 9.54. The number of ether oxygens (including phenoxy) is 2. The Balaban J connectivity index is 1.95. The molecule has 12 heteroatoms. The first-order valence-corrected chi connectivity index (χ1v) is 12.0. The van der Waals surface area contributed by atoms with Crippen molar-refractivity contribution in [2.45, 2.75) is 78.7 Å².